The lowest BCUT2D eigenvalue weighted by Crippen LogP contribution is -2.44. The summed E-state index contributed by atoms with van der Waals surface area (Å²) in [6, 6.07) is 4.52. The van der Waals surface area contributed by atoms with E-state index in [-0.39, 0.29) is 5.69 Å². The second kappa shape index (κ2) is 6.12. The lowest BCUT2D eigenvalue weighted by Gasteiger charge is -2.26. The summed E-state index contributed by atoms with van der Waals surface area (Å²) >= 11 is 0. The average molecular weight is 284 g/mol. The summed E-state index contributed by atoms with van der Waals surface area (Å²) in [7, 11) is 0.459. The van der Waals surface area contributed by atoms with Gasteiger partial charge in [-0.15, -0.1) is 0 Å². The van der Waals surface area contributed by atoms with Crippen LogP contribution in [-0.2, 0) is 16.6 Å². The second-order valence-corrected chi connectivity index (χ2v) is 6.07. The van der Waals surface area contributed by atoms with E-state index >= 15 is 0 Å². The van der Waals surface area contributed by atoms with Gasteiger partial charge in [0.2, 0.25) is 0 Å². The molecule has 1 atom stereocenters. The second-order valence-electron chi connectivity index (χ2n) is 4.57. The number of hydrogen-bond donors (Lipinski definition) is 1. The van der Waals surface area contributed by atoms with Crippen molar-refractivity contribution < 1.29 is 13.9 Å². The van der Waals surface area contributed by atoms with Crippen LogP contribution in [0.4, 0.5) is 5.69 Å². The van der Waals surface area contributed by atoms with Crippen LogP contribution in [0.15, 0.2) is 18.2 Å². The molecule has 1 unspecified atom stereocenters. The van der Waals surface area contributed by atoms with Gasteiger partial charge in [0.05, 0.1) is 18.1 Å². The normalized spacial score (nSPS) is 16.7. The number of nitrogens with one attached hydrogen (secondary N) is 1. The van der Waals surface area contributed by atoms with Crippen LogP contribution in [-0.4, -0.2) is 35.1 Å². The summed E-state index contributed by atoms with van der Waals surface area (Å²) in [6.07, 6.45) is 0. The van der Waals surface area contributed by atoms with E-state index in [4.69, 9.17) is 4.74 Å². The van der Waals surface area contributed by atoms with Crippen LogP contribution in [0.3, 0.4) is 0 Å². The summed E-state index contributed by atoms with van der Waals surface area (Å²) in [5.41, 5.74) is 0.647. The van der Waals surface area contributed by atoms with Crippen molar-refractivity contribution in [2.24, 2.45) is 5.92 Å². The molecule has 0 amide bonds. The zero-order valence-electron chi connectivity index (χ0n) is 10.6. The molecule has 0 saturated carbocycles. The molecule has 0 aliphatic carbocycles. The SMILES string of the molecule is COc1cc(CS(=O)CC2CNC2)cc([N+](=O)[O-])c1. The number of non-ortho nitro benzene ring substituents is 1. The zero-order valence-corrected chi connectivity index (χ0v) is 11.4. The Balaban J connectivity index is 2.07. The number of nitro groups is 1. The van der Waals surface area contributed by atoms with Crippen LogP contribution in [0.1, 0.15) is 5.56 Å². The molecule has 104 valence electrons. The Labute approximate surface area is 113 Å². The summed E-state index contributed by atoms with van der Waals surface area (Å²) < 4.78 is 17.0. The van der Waals surface area contributed by atoms with Gasteiger partial charge in [-0.3, -0.25) is 14.3 Å². The highest BCUT2D eigenvalue weighted by Crippen LogP contribution is 2.23. The van der Waals surface area contributed by atoms with Gasteiger partial charge in [0.15, 0.2) is 0 Å². The summed E-state index contributed by atoms with van der Waals surface area (Å²) in [4.78, 5) is 10.3. The fourth-order valence-electron chi connectivity index (χ4n) is 1.92. The number of methoxy groups -OCH3 is 1. The smallest absolute Gasteiger partial charge is 0.273 e. The van der Waals surface area contributed by atoms with E-state index in [9.17, 15) is 14.3 Å². The number of ether oxygens (including phenoxy) is 1. The van der Waals surface area contributed by atoms with Crippen LogP contribution >= 0.6 is 0 Å². The number of hydrogen-bond acceptors (Lipinski definition) is 5. The molecule has 1 aliphatic heterocycles. The minimum atomic E-state index is -1.000. The number of rotatable bonds is 6. The Kier molecular flexibility index (Phi) is 4.49. The standard InChI is InChI=1S/C12H16N2O4S/c1-18-12-3-9(2-11(4-12)14(15)16)7-19(17)8-10-5-13-6-10/h2-4,10,13H,5-8H2,1H3. The van der Waals surface area contributed by atoms with Crippen molar-refractivity contribution in [3.8, 4) is 5.75 Å². The predicted molar refractivity (Wildman–Crippen MR) is 72.7 cm³/mol. The Morgan fingerprint density at radius 2 is 2.21 bits per heavy atom. The van der Waals surface area contributed by atoms with Crippen molar-refractivity contribution in [3.63, 3.8) is 0 Å². The van der Waals surface area contributed by atoms with Crippen LogP contribution in [0.5, 0.6) is 5.75 Å². The van der Waals surface area contributed by atoms with Crippen molar-refractivity contribution >= 4 is 16.5 Å². The monoisotopic (exact) mass is 284 g/mol. The first-order valence-corrected chi connectivity index (χ1v) is 7.45. The Hall–Kier alpha value is -1.47. The first kappa shape index (κ1) is 14.0. The number of nitro benzene ring substituents is 1. The lowest BCUT2D eigenvalue weighted by molar-refractivity contribution is -0.385. The van der Waals surface area contributed by atoms with Crippen molar-refractivity contribution in [1.82, 2.24) is 5.32 Å². The van der Waals surface area contributed by atoms with Crippen LogP contribution in [0.25, 0.3) is 0 Å². The molecule has 1 aromatic carbocycles. The molecule has 0 radical (unpaired) electrons. The van der Waals surface area contributed by atoms with E-state index in [0.717, 1.165) is 13.1 Å². The molecule has 1 heterocycles. The number of benzene rings is 1. The molecule has 0 spiro atoms. The third kappa shape index (κ3) is 3.74. The molecule has 0 aromatic heterocycles. The van der Waals surface area contributed by atoms with E-state index in [0.29, 0.717) is 28.7 Å². The fourth-order valence-corrected chi connectivity index (χ4v) is 3.34. The van der Waals surface area contributed by atoms with Gasteiger partial charge in [-0.05, 0) is 17.5 Å². The maximum Gasteiger partial charge on any atom is 0.273 e. The summed E-state index contributed by atoms with van der Waals surface area (Å²) in [5, 5.41) is 13.9. The first-order chi connectivity index (χ1) is 9.08. The van der Waals surface area contributed by atoms with Gasteiger partial charge in [0.1, 0.15) is 5.75 Å². The Morgan fingerprint density at radius 1 is 1.47 bits per heavy atom. The molecule has 1 saturated heterocycles. The van der Waals surface area contributed by atoms with Gasteiger partial charge in [0, 0.05) is 41.5 Å². The highest BCUT2D eigenvalue weighted by molar-refractivity contribution is 7.84. The molecular weight excluding hydrogens is 268 g/mol. The quantitative estimate of drug-likeness (QED) is 0.624. The maximum atomic E-state index is 12.0. The molecule has 1 aromatic rings. The van der Waals surface area contributed by atoms with E-state index in [1.54, 1.807) is 6.07 Å². The molecule has 2 rings (SSSR count). The van der Waals surface area contributed by atoms with Crippen LogP contribution < -0.4 is 10.1 Å². The molecule has 19 heavy (non-hydrogen) atoms. The van der Waals surface area contributed by atoms with Crippen LogP contribution in [0, 0.1) is 16.0 Å². The molecule has 0 bridgehead atoms. The maximum absolute atomic E-state index is 12.0. The molecule has 6 nitrogen and oxygen atoms in total. The van der Waals surface area contributed by atoms with E-state index in [2.05, 4.69) is 5.32 Å². The topological polar surface area (TPSA) is 81.5 Å². The molecule has 1 aliphatic rings. The molecule has 7 heteroatoms. The minimum absolute atomic E-state index is 0.0309. The number of nitrogens with zero attached hydrogens (tertiary/aromatic N) is 1. The Bertz CT molecular complexity index is 503. The van der Waals surface area contributed by atoms with E-state index < -0.39 is 15.7 Å². The van der Waals surface area contributed by atoms with Crippen molar-refractivity contribution in [1.29, 1.82) is 0 Å². The van der Waals surface area contributed by atoms with Crippen molar-refractivity contribution in [2.45, 2.75) is 5.75 Å². The van der Waals surface area contributed by atoms with Gasteiger partial charge in [-0.25, -0.2) is 0 Å². The van der Waals surface area contributed by atoms with Crippen LogP contribution in [0.2, 0.25) is 0 Å². The van der Waals surface area contributed by atoms with Gasteiger partial charge in [-0.2, -0.15) is 0 Å². The van der Waals surface area contributed by atoms with E-state index in [1.165, 1.54) is 19.2 Å². The highest BCUT2D eigenvalue weighted by atomic mass is 32.2. The molecule has 1 N–H and O–H groups in total. The zero-order chi connectivity index (χ0) is 13.8. The van der Waals surface area contributed by atoms with Crippen molar-refractivity contribution in [3.05, 3.63) is 33.9 Å². The fraction of sp³-hybridized carbons (Fsp3) is 0.500. The molecule has 1 fully saturated rings. The predicted octanol–water partition coefficient (Wildman–Crippen LogP) is 1.07. The highest BCUT2D eigenvalue weighted by Gasteiger charge is 2.20. The summed E-state index contributed by atoms with van der Waals surface area (Å²) in [6.45, 7) is 1.81. The minimum Gasteiger partial charge on any atom is -0.496 e. The van der Waals surface area contributed by atoms with E-state index in [1.807, 2.05) is 0 Å². The third-order valence-corrected chi connectivity index (χ3v) is 4.51. The molecular formula is C12H16N2O4S. The first-order valence-electron chi connectivity index (χ1n) is 5.96. The average Bonchev–Trinajstić information content (AvgIpc) is 2.33. The third-order valence-electron chi connectivity index (χ3n) is 3.01. The largest absolute Gasteiger partial charge is 0.496 e. The Morgan fingerprint density at radius 3 is 2.74 bits per heavy atom. The van der Waals surface area contributed by atoms with Gasteiger partial charge >= 0.3 is 0 Å². The van der Waals surface area contributed by atoms with Gasteiger partial charge < -0.3 is 10.1 Å². The van der Waals surface area contributed by atoms with Gasteiger partial charge in [0.25, 0.3) is 5.69 Å². The van der Waals surface area contributed by atoms with Crippen molar-refractivity contribution in [2.75, 3.05) is 26.0 Å². The summed E-state index contributed by atoms with van der Waals surface area (Å²) in [5.74, 6) is 1.85. The van der Waals surface area contributed by atoms with Gasteiger partial charge in [-0.1, -0.05) is 0 Å². The lowest BCUT2D eigenvalue weighted by atomic mass is 10.1.